The van der Waals surface area contributed by atoms with Crippen molar-refractivity contribution in [1.29, 1.82) is 0 Å². The van der Waals surface area contributed by atoms with Crippen LogP contribution in [-0.4, -0.2) is 92.1 Å². The number of amides is 4. The quantitative estimate of drug-likeness (QED) is 0.132. The Bertz CT molecular complexity index is 1460. The summed E-state index contributed by atoms with van der Waals surface area (Å²) in [6.07, 6.45) is 0.544. The van der Waals surface area contributed by atoms with Gasteiger partial charge in [0.15, 0.2) is 0 Å². The standard InChI is InChI=1S/C19H17NO4.C5H12N2O.C4H8N2O3.C3H7NO2/c21-16-7-8-17(22)20(16)10-9-15(18(20)19(23)24)14-6-5-12-3-1-2-4-13(12)11-14;1-3(2)4(6)5(7)8;5-2(4(8)9)1-3(6)7;1-2(4)3(5)6/h1-6,11,15,18H,7-10H2;3-4H,6H2,1-2H3,(H2,7,8);2H,1,5H2,(H2,6,7)(H,8,9);2H,4H2,1H3,(H,5,6)/p+1/t15-,18-;4-;2*2-/m0000/s1. The van der Waals surface area contributed by atoms with E-state index in [-0.39, 0.29) is 42.9 Å². The van der Waals surface area contributed by atoms with E-state index in [1.165, 1.54) is 6.92 Å². The molecule has 0 bridgehead atoms. The lowest BCUT2D eigenvalue weighted by molar-refractivity contribution is -0.778. The number of carbonyl (C=O) groups excluding carboxylic acids is 4. The molecule has 2 aromatic carbocycles. The number of rotatable bonds is 8. The molecule has 0 saturated carbocycles. The molecule has 258 valence electrons. The molecule has 2 aliphatic heterocycles. The predicted octanol–water partition coefficient (Wildman–Crippen LogP) is -0.409. The number of nitrogens with zero attached hydrogens (tertiary/aromatic N) is 1. The molecule has 1 spiro atoms. The van der Waals surface area contributed by atoms with E-state index >= 15 is 0 Å². The number of hydrogen-bond donors (Lipinski definition) is 8. The topological polar surface area (TPSA) is 310 Å². The van der Waals surface area contributed by atoms with Crippen molar-refractivity contribution in [2.24, 2.45) is 34.6 Å². The van der Waals surface area contributed by atoms with Crippen molar-refractivity contribution in [3.63, 3.8) is 0 Å². The summed E-state index contributed by atoms with van der Waals surface area (Å²) in [4.78, 5) is 76.5. The van der Waals surface area contributed by atoms with Crippen molar-refractivity contribution in [3.8, 4) is 0 Å². The van der Waals surface area contributed by atoms with E-state index in [1.807, 2.05) is 56.3 Å². The molecule has 2 saturated heterocycles. The number of carboxylic acid groups (broad SMARTS) is 3. The molecule has 0 unspecified atom stereocenters. The predicted molar refractivity (Wildman–Crippen MR) is 170 cm³/mol. The van der Waals surface area contributed by atoms with Gasteiger partial charge in [-0.2, -0.15) is 4.48 Å². The van der Waals surface area contributed by atoms with Gasteiger partial charge in [0, 0.05) is 6.42 Å². The minimum Gasteiger partial charge on any atom is -0.480 e. The van der Waals surface area contributed by atoms with Crippen molar-refractivity contribution in [2.45, 2.75) is 76.5 Å². The number of hydrogen-bond acceptors (Lipinski definition) is 10. The maximum absolute atomic E-state index is 12.4. The van der Waals surface area contributed by atoms with Gasteiger partial charge in [-0.05, 0) is 29.2 Å². The summed E-state index contributed by atoms with van der Waals surface area (Å²) in [6, 6.07) is 10.4. The Hall–Kier alpha value is -4.77. The Morgan fingerprint density at radius 2 is 1.34 bits per heavy atom. The third-order valence-corrected chi connectivity index (χ3v) is 7.72. The first-order valence-corrected chi connectivity index (χ1v) is 14.7. The van der Waals surface area contributed by atoms with Gasteiger partial charge in [-0.15, -0.1) is 0 Å². The fraction of sp³-hybridized carbons (Fsp3) is 0.452. The molecule has 47 heavy (non-hydrogen) atoms. The molecule has 0 radical (unpaired) electrons. The van der Waals surface area contributed by atoms with Gasteiger partial charge in [0.2, 0.25) is 17.9 Å². The fourth-order valence-electron chi connectivity index (χ4n) is 5.04. The summed E-state index contributed by atoms with van der Waals surface area (Å²) in [5.41, 5.74) is 25.5. The van der Waals surface area contributed by atoms with Crippen LogP contribution in [0.4, 0.5) is 0 Å². The maximum Gasteiger partial charge on any atom is 0.364 e. The highest BCUT2D eigenvalue weighted by Gasteiger charge is 2.64. The van der Waals surface area contributed by atoms with Crippen LogP contribution in [0.15, 0.2) is 42.5 Å². The highest BCUT2D eigenvalue weighted by atomic mass is 16.4. The first-order valence-electron chi connectivity index (χ1n) is 14.7. The molecule has 4 amide bonds. The van der Waals surface area contributed by atoms with Crippen molar-refractivity contribution in [2.75, 3.05) is 6.54 Å². The van der Waals surface area contributed by atoms with Crippen LogP contribution in [0.5, 0.6) is 0 Å². The van der Waals surface area contributed by atoms with E-state index in [4.69, 9.17) is 33.1 Å². The average molecular weight is 662 g/mol. The van der Waals surface area contributed by atoms with Crippen LogP contribution in [-0.2, 0) is 33.6 Å². The second-order valence-electron chi connectivity index (χ2n) is 11.6. The smallest absolute Gasteiger partial charge is 0.364 e. The van der Waals surface area contributed by atoms with Gasteiger partial charge in [-0.3, -0.25) is 19.2 Å². The number of benzene rings is 2. The van der Waals surface area contributed by atoms with Crippen LogP contribution in [0.25, 0.3) is 10.8 Å². The number of aliphatic carboxylic acids is 3. The van der Waals surface area contributed by atoms with Crippen LogP contribution < -0.4 is 28.7 Å². The van der Waals surface area contributed by atoms with Crippen LogP contribution in [0.1, 0.15) is 57.9 Å². The zero-order valence-corrected chi connectivity index (χ0v) is 26.6. The number of fused-ring (bicyclic) bond motifs is 1. The minimum absolute atomic E-state index is 0.146. The average Bonchev–Trinajstić information content (AvgIpc) is 3.53. The van der Waals surface area contributed by atoms with E-state index in [9.17, 15) is 38.7 Å². The van der Waals surface area contributed by atoms with Crippen LogP contribution in [0, 0.1) is 5.92 Å². The molecule has 16 heteroatoms. The summed E-state index contributed by atoms with van der Waals surface area (Å²) >= 11 is 0. The number of imide groups is 1. The van der Waals surface area contributed by atoms with Gasteiger partial charge in [0.25, 0.3) is 0 Å². The molecule has 2 fully saturated rings. The highest BCUT2D eigenvalue weighted by molar-refractivity contribution is 5.95. The minimum atomic E-state index is -1.21. The third kappa shape index (κ3) is 10.9. The first-order chi connectivity index (χ1) is 21.8. The maximum atomic E-state index is 12.4. The van der Waals surface area contributed by atoms with Crippen LogP contribution in [0.3, 0.4) is 0 Å². The van der Waals surface area contributed by atoms with Crippen molar-refractivity contribution in [3.05, 3.63) is 48.0 Å². The van der Waals surface area contributed by atoms with Gasteiger partial charge in [0.05, 0.1) is 37.8 Å². The third-order valence-electron chi connectivity index (χ3n) is 7.72. The Kier molecular flexibility index (Phi) is 15.2. The van der Waals surface area contributed by atoms with E-state index in [1.54, 1.807) is 0 Å². The Morgan fingerprint density at radius 1 is 0.830 bits per heavy atom. The van der Waals surface area contributed by atoms with Crippen molar-refractivity contribution < 1.29 is 53.4 Å². The molecular weight excluding hydrogens is 616 g/mol. The molecule has 2 heterocycles. The van der Waals surface area contributed by atoms with E-state index in [0.717, 1.165) is 16.3 Å². The Morgan fingerprint density at radius 3 is 1.70 bits per heavy atom. The Balaban J connectivity index is 0.000000396. The van der Waals surface area contributed by atoms with E-state index in [2.05, 4.69) is 5.73 Å². The zero-order chi connectivity index (χ0) is 36.2. The lowest BCUT2D eigenvalue weighted by Crippen LogP contribution is -2.59. The number of nitrogens with two attached hydrogens (primary N) is 5. The van der Waals surface area contributed by atoms with Crippen LogP contribution in [0.2, 0.25) is 0 Å². The molecule has 2 aromatic rings. The zero-order valence-electron chi connectivity index (χ0n) is 26.6. The second kappa shape index (κ2) is 17.8. The first kappa shape index (κ1) is 40.3. The lowest BCUT2D eigenvalue weighted by atomic mass is 9.89. The Labute approximate surface area is 271 Å². The summed E-state index contributed by atoms with van der Waals surface area (Å²) < 4.78 is -0.493. The SMILES string of the molecule is CC(C)[C@H](N)C(N)=O.C[C@H](N)C(=O)O.NC(=O)C[C@H](N)C(=O)O.O=C(O)[C@@H]1[C@H](c2ccc3ccccc3c2)CC[N+]12C(=O)CCC2=O. The normalized spacial score (nSPS) is 19.6. The number of carbonyl (C=O) groups is 7. The molecule has 13 N–H and O–H groups in total. The van der Waals surface area contributed by atoms with Gasteiger partial charge in [-0.25, -0.2) is 14.4 Å². The van der Waals surface area contributed by atoms with Gasteiger partial charge < -0.3 is 44.0 Å². The molecule has 16 nitrogen and oxygen atoms in total. The van der Waals surface area contributed by atoms with Crippen molar-refractivity contribution >= 4 is 52.3 Å². The van der Waals surface area contributed by atoms with E-state index < -0.39 is 58.4 Å². The van der Waals surface area contributed by atoms with Gasteiger partial charge >= 0.3 is 29.7 Å². The number of carboxylic acids is 3. The largest absolute Gasteiger partial charge is 0.480 e. The summed E-state index contributed by atoms with van der Waals surface area (Å²) in [7, 11) is 0. The molecule has 5 atom stereocenters. The fourth-order valence-corrected chi connectivity index (χ4v) is 5.04. The lowest BCUT2D eigenvalue weighted by Gasteiger charge is -2.29. The summed E-state index contributed by atoms with van der Waals surface area (Å²) in [5.74, 6) is -5.03. The molecular formula is C31H45N6O10+. The highest BCUT2D eigenvalue weighted by Crippen LogP contribution is 2.43. The molecule has 2 aliphatic rings. The summed E-state index contributed by atoms with van der Waals surface area (Å²) in [5, 5.41) is 27.9. The number of primary amides is 2. The van der Waals surface area contributed by atoms with Gasteiger partial charge in [0.1, 0.15) is 12.1 Å². The van der Waals surface area contributed by atoms with Gasteiger partial charge in [-0.1, -0.05) is 56.3 Å². The molecule has 0 aliphatic carbocycles. The second-order valence-corrected chi connectivity index (χ2v) is 11.6. The van der Waals surface area contributed by atoms with Crippen molar-refractivity contribution in [1.82, 2.24) is 0 Å². The molecule has 4 rings (SSSR count). The monoisotopic (exact) mass is 661 g/mol. The molecule has 0 aromatic heterocycles. The summed E-state index contributed by atoms with van der Waals surface area (Å²) in [6.45, 7) is 5.43. The van der Waals surface area contributed by atoms with E-state index in [0.29, 0.717) is 13.0 Å². The number of quaternary nitrogens is 1. The van der Waals surface area contributed by atoms with Crippen LogP contribution >= 0.6 is 0 Å².